The molecule has 0 aliphatic carbocycles. The minimum absolute atomic E-state index is 0.190. The van der Waals surface area contributed by atoms with Gasteiger partial charge < -0.3 is 10.6 Å². The molecule has 0 aromatic rings. The van der Waals surface area contributed by atoms with Crippen LogP contribution in [0.2, 0.25) is 0 Å². The van der Waals surface area contributed by atoms with Crippen LogP contribution >= 0.6 is 0 Å². The monoisotopic (exact) mass is 226 g/mol. The Morgan fingerprint density at radius 3 is 2.69 bits per heavy atom. The van der Waals surface area contributed by atoms with Crippen molar-refractivity contribution in [2.45, 2.75) is 52.5 Å². The summed E-state index contributed by atoms with van der Waals surface area (Å²) in [6.45, 7) is 8.46. The molecule has 2 atom stereocenters. The van der Waals surface area contributed by atoms with Crippen LogP contribution in [0.4, 0.5) is 0 Å². The van der Waals surface area contributed by atoms with Crippen molar-refractivity contribution in [2.75, 3.05) is 13.1 Å². The molecule has 2 N–H and O–H groups in total. The molecule has 1 aliphatic heterocycles. The number of hydrogen-bond donors (Lipinski definition) is 2. The Hall–Kier alpha value is -0.570. The second kappa shape index (κ2) is 6.89. The molecule has 0 aromatic heterocycles. The highest BCUT2D eigenvalue weighted by Crippen LogP contribution is 2.11. The third kappa shape index (κ3) is 4.97. The predicted molar refractivity (Wildman–Crippen MR) is 67.3 cm³/mol. The standard InChI is InChI=1S/C13H26N2O/c1-10(2)6-7-11(3)15-13(16)12-5-4-8-14-9-12/h10-12,14H,4-9H2,1-3H3,(H,15,16). The molecule has 0 saturated carbocycles. The first-order valence-corrected chi connectivity index (χ1v) is 6.60. The number of carbonyl (C=O) groups is 1. The highest BCUT2D eigenvalue weighted by atomic mass is 16.1. The van der Waals surface area contributed by atoms with Gasteiger partial charge in [-0.2, -0.15) is 0 Å². The lowest BCUT2D eigenvalue weighted by molar-refractivity contribution is -0.126. The molecule has 1 saturated heterocycles. The maximum absolute atomic E-state index is 11.9. The van der Waals surface area contributed by atoms with E-state index >= 15 is 0 Å². The Morgan fingerprint density at radius 1 is 1.38 bits per heavy atom. The van der Waals surface area contributed by atoms with E-state index < -0.39 is 0 Å². The van der Waals surface area contributed by atoms with Gasteiger partial charge >= 0.3 is 0 Å². The van der Waals surface area contributed by atoms with Crippen molar-refractivity contribution in [3.05, 3.63) is 0 Å². The summed E-state index contributed by atoms with van der Waals surface area (Å²) >= 11 is 0. The Balaban J connectivity index is 2.21. The average Bonchev–Trinajstić information content (AvgIpc) is 2.27. The van der Waals surface area contributed by atoms with Crippen LogP contribution in [-0.2, 0) is 4.79 Å². The van der Waals surface area contributed by atoms with Crippen LogP contribution in [0.3, 0.4) is 0 Å². The van der Waals surface area contributed by atoms with Crippen LogP contribution in [0.15, 0.2) is 0 Å². The first-order valence-electron chi connectivity index (χ1n) is 6.60. The molecule has 16 heavy (non-hydrogen) atoms. The highest BCUT2D eigenvalue weighted by molar-refractivity contribution is 5.79. The zero-order valence-electron chi connectivity index (χ0n) is 10.9. The van der Waals surface area contributed by atoms with Crippen LogP contribution < -0.4 is 10.6 Å². The maximum Gasteiger partial charge on any atom is 0.224 e. The van der Waals surface area contributed by atoms with Gasteiger partial charge in [0.25, 0.3) is 0 Å². The fraction of sp³-hybridized carbons (Fsp3) is 0.923. The third-order valence-corrected chi connectivity index (χ3v) is 3.23. The smallest absolute Gasteiger partial charge is 0.224 e. The zero-order chi connectivity index (χ0) is 12.0. The molecular formula is C13H26N2O. The van der Waals surface area contributed by atoms with E-state index in [9.17, 15) is 4.79 Å². The van der Waals surface area contributed by atoms with Crippen molar-refractivity contribution in [2.24, 2.45) is 11.8 Å². The van der Waals surface area contributed by atoms with E-state index in [1.54, 1.807) is 0 Å². The molecule has 2 unspecified atom stereocenters. The zero-order valence-corrected chi connectivity index (χ0v) is 10.9. The molecule has 1 amide bonds. The Bertz CT molecular complexity index is 210. The number of nitrogens with one attached hydrogen (secondary N) is 2. The minimum Gasteiger partial charge on any atom is -0.353 e. The number of piperidine rings is 1. The second-order valence-corrected chi connectivity index (χ2v) is 5.42. The van der Waals surface area contributed by atoms with Crippen molar-refractivity contribution in [3.8, 4) is 0 Å². The summed E-state index contributed by atoms with van der Waals surface area (Å²) in [4.78, 5) is 11.9. The fourth-order valence-electron chi connectivity index (χ4n) is 2.09. The van der Waals surface area contributed by atoms with E-state index in [2.05, 4.69) is 31.4 Å². The van der Waals surface area contributed by atoms with Crippen molar-refractivity contribution in [1.29, 1.82) is 0 Å². The minimum atomic E-state index is 0.190. The number of hydrogen-bond acceptors (Lipinski definition) is 2. The molecule has 1 heterocycles. The lowest BCUT2D eigenvalue weighted by Gasteiger charge is -2.24. The molecule has 3 nitrogen and oxygen atoms in total. The summed E-state index contributed by atoms with van der Waals surface area (Å²) in [5.41, 5.74) is 0. The van der Waals surface area contributed by atoms with Gasteiger partial charge in [0, 0.05) is 12.6 Å². The number of amides is 1. The van der Waals surface area contributed by atoms with Crippen LogP contribution in [0.5, 0.6) is 0 Å². The van der Waals surface area contributed by atoms with Crippen molar-refractivity contribution < 1.29 is 4.79 Å². The molecule has 1 rings (SSSR count). The molecule has 0 aromatic carbocycles. The molecule has 0 spiro atoms. The maximum atomic E-state index is 11.9. The SMILES string of the molecule is CC(C)CCC(C)NC(=O)C1CCCNC1. The van der Waals surface area contributed by atoms with E-state index in [4.69, 9.17) is 0 Å². The van der Waals surface area contributed by atoms with Crippen LogP contribution in [0.1, 0.15) is 46.5 Å². The van der Waals surface area contributed by atoms with E-state index in [1.165, 1.54) is 6.42 Å². The Morgan fingerprint density at radius 2 is 2.12 bits per heavy atom. The molecule has 3 heteroatoms. The number of rotatable bonds is 5. The first kappa shape index (κ1) is 13.5. The van der Waals surface area contributed by atoms with E-state index in [0.717, 1.165) is 38.3 Å². The molecule has 1 fully saturated rings. The van der Waals surface area contributed by atoms with Crippen LogP contribution in [0, 0.1) is 11.8 Å². The molecule has 0 bridgehead atoms. The van der Waals surface area contributed by atoms with Gasteiger partial charge in [-0.3, -0.25) is 4.79 Å². The molecule has 1 aliphatic rings. The highest BCUT2D eigenvalue weighted by Gasteiger charge is 2.21. The average molecular weight is 226 g/mol. The van der Waals surface area contributed by atoms with Crippen LogP contribution in [-0.4, -0.2) is 25.0 Å². The summed E-state index contributed by atoms with van der Waals surface area (Å²) in [6.07, 6.45) is 4.43. The molecule has 94 valence electrons. The Kier molecular flexibility index (Phi) is 5.81. The quantitative estimate of drug-likeness (QED) is 0.752. The summed E-state index contributed by atoms with van der Waals surface area (Å²) in [5.74, 6) is 1.15. The lowest BCUT2D eigenvalue weighted by atomic mass is 9.98. The van der Waals surface area contributed by atoms with Gasteiger partial charge in [-0.05, 0) is 45.1 Å². The van der Waals surface area contributed by atoms with Crippen molar-refractivity contribution >= 4 is 5.91 Å². The lowest BCUT2D eigenvalue weighted by Crippen LogP contribution is -2.43. The third-order valence-electron chi connectivity index (χ3n) is 3.23. The Labute approximate surface area is 99.4 Å². The summed E-state index contributed by atoms with van der Waals surface area (Å²) < 4.78 is 0. The van der Waals surface area contributed by atoms with Crippen molar-refractivity contribution in [3.63, 3.8) is 0 Å². The summed E-state index contributed by atoms with van der Waals surface area (Å²) in [6, 6.07) is 0.317. The van der Waals surface area contributed by atoms with Gasteiger partial charge in [-0.25, -0.2) is 0 Å². The fourth-order valence-corrected chi connectivity index (χ4v) is 2.09. The largest absolute Gasteiger partial charge is 0.353 e. The van der Waals surface area contributed by atoms with E-state index in [0.29, 0.717) is 6.04 Å². The second-order valence-electron chi connectivity index (χ2n) is 5.42. The van der Waals surface area contributed by atoms with Gasteiger partial charge in [-0.15, -0.1) is 0 Å². The normalized spacial score (nSPS) is 23.1. The summed E-state index contributed by atoms with van der Waals surface area (Å²) in [5, 5.41) is 6.40. The molecular weight excluding hydrogens is 200 g/mol. The van der Waals surface area contributed by atoms with Gasteiger partial charge in [0.15, 0.2) is 0 Å². The van der Waals surface area contributed by atoms with Gasteiger partial charge in [0.1, 0.15) is 0 Å². The number of carbonyl (C=O) groups excluding carboxylic acids is 1. The first-order chi connectivity index (χ1) is 7.59. The van der Waals surface area contributed by atoms with Gasteiger partial charge in [0.2, 0.25) is 5.91 Å². The topological polar surface area (TPSA) is 41.1 Å². The van der Waals surface area contributed by atoms with Gasteiger partial charge in [-0.1, -0.05) is 13.8 Å². The van der Waals surface area contributed by atoms with E-state index in [1.807, 2.05) is 0 Å². The summed E-state index contributed by atoms with van der Waals surface area (Å²) in [7, 11) is 0. The van der Waals surface area contributed by atoms with Gasteiger partial charge in [0.05, 0.1) is 5.92 Å². The van der Waals surface area contributed by atoms with Crippen molar-refractivity contribution in [1.82, 2.24) is 10.6 Å². The van der Waals surface area contributed by atoms with E-state index in [-0.39, 0.29) is 11.8 Å². The predicted octanol–water partition coefficient (Wildman–Crippen LogP) is 1.93. The molecule has 0 radical (unpaired) electrons. The van der Waals surface area contributed by atoms with Crippen LogP contribution in [0.25, 0.3) is 0 Å².